The van der Waals surface area contributed by atoms with Crippen LogP contribution >= 0.6 is 0 Å². The number of nitro benzene ring substituents is 1. The summed E-state index contributed by atoms with van der Waals surface area (Å²) in [5.74, 6) is 0.489. The minimum Gasteiger partial charge on any atom is -0.385 e. The van der Waals surface area contributed by atoms with Crippen LogP contribution in [0, 0.1) is 16.0 Å². The minimum atomic E-state index is -2.90. The lowest BCUT2D eigenvalue weighted by molar-refractivity contribution is -0.384. The van der Waals surface area contributed by atoms with E-state index in [1.807, 2.05) is 6.92 Å². The van der Waals surface area contributed by atoms with E-state index in [2.05, 4.69) is 10.6 Å². The summed E-state index contributed by atoms with van der Waals surface area (Å²) in [5.41, 5.74) is 1.31. The fourth-order valence-electron chi connectivity index (χ4n) is 2.42. The Morgan fingerprint density at radius 2 is 1.95 bits per heavy atom. The van der Waals surface area contributed by atoms with Crippen molar-refractivity contribution in [3.05, 3.63) is 28.3 Å². The van der Waals surface area contributed by atoms with Crippen molar-refractivity contribution in [2.75, 3.05) is 35.2 Å². The smallest absolute Gasteiger partial charge is 0.273 e. The Labute approximate surface area is 123 Å². The largest absolute Gasteiger partial charge is 0.385 e. The molecule has 1 saturated heterocycles. The number of hydrogen-bond acceptors (Lipinski definition) is 6. The molecule has 116 valence electrons. The Morgan fingerprint density at radius 1 is 1.29 bits per heavy atom. The van der Waals surface area contributed by atoms with Gasteiger partial charge in [0.25, 0.3) is 5.69 Å². The van der Waals surface area contributed by atoms with Crippen molar-refractivity contribution >= 4 is 26.9 Å². The van der Waals surface area contributed by atoms with E-state index in [1.165, 1.54) is 12.1 Å². The van der Waals surface area contributed by atoms with Crippen LogP contribution in [-0.4, -0.2) is 37.9 Å². The fraction of sp³-hybridized carbons (Fsp3) is 0.538. The second-order valence-corrected chi connectivity index (χ2v) is 7.43. The van der Waals surface area contributed by atoms with E-state index in [9.17, 15) is 18.5 Å². The number of anilines is 2. The maximum Gasteiger partial charge on any atom is 0.273 e. The fourth-order valence-corrected chi connectivity index (χ4v) is 4.28. The third-order valence-electron chi connectivity index (χ3n) is 3.43. The molecule has 0 bridgehead atoms. The third kappa shape index (κ3) is 4.32. The molecule has 8 heteroatoms. The van der Waals surface area contributed by atoms with E-state index in [0.29, 0.717) is 30.9 Å². The second kappa shape index (κ2) is 6.30. The van der Waals surface area contributed by atoms with E-state index in [-0.39, 0.29) is 23.1 Å². The van der Waals surface area contributed by atoms with E-state index in [4.69, 9.17) is 0 Å². The molecule has 2 N–H and O–H groups in total. The molecule has 1 heterocycles. The highest BCUT2D eigenvalue weighted by Crippen LogP contribution is 2.25. The highest BCUT2D eigenvalue weighted by molar-refractivity contribution is 7.91. The minimum absolute atomic E-state index is 0.00925. The molecule has 0 saturated carbocycles. The van der Waals surface area contributed by atoms with Gasteiger partial charge in [0.15, 0.2) is 9.84 Å². The SMILES string of the molecule is CCNc1cc(NCC2CCS(=O)(=O)C2)cc([N+](=O)[O-])c1. The number of rotatable bonds is 6. The molecule has 7 nitrogen and oxygen atoms in total. The molecule has 0 amide bonds. The summed E-state index contributed by atoms with van der Waals surface area (Å²) in [5, 5.41) is 17.1. The number of benzene rings is 1. The first-order chi connectivity index (χ1) is 9.89. The first kappa shape index (κ1) is 15.6. The van der Waals surface area contributed by atoms with Crippen LogP contribution in [0.1, 0.15) is 13.3 Å². The van der Waals surface area contributed by atoms with Crippen LogP contribution in [-0.2, 0) is 9.84 Å². The molecule has 0 spiro atoms. The van der Waals surface area contributed by atoms with E-state index >= 15 is 0 Å². The van der Waals surface area contributed by atoms with Crippen LogP contribution < -0.4 is 10.6 Å². The van der Waals surface area contributed by atoms with E-state index in [0.717, 1.165) is 0 Å². The van der Waals surface area contributed by atoms with Crippen molar-refractivity contribution in [1.29, 1.82) is 0 Å². The normalized spacial score (nSPS) is 20.1. The van der Waals surface area contributed by atoms with Gasteiger partial charge >= 0.3 is 0 Å². The summed E-state index contributed by atoms with van der Waals surface area (Å²) in [7, 11) is -2.90. The third-order valence-corrected chi connectivity index (χ3v) is 5.27. The van der Waals surface area contributed by atoms with E-state index < -0.39 is 14.8 Å². The number of hydrogen-bond donors (Lipinski definition) is 2. The van der Waals surface area contributed by atoms with Gasteiger partial charge in [0.2, 0.25) is 0 Å². The van der Waals surface area contributed by atoms with Gasteiger partial charge in [-0.15, -0.1) is 0 Å². The molecule has 0 aliphatic carbocycles. The summed E-state index contributed by atoms with van der Waals surface area (Å²) in [6.45, 7) is 3.09. The average Bonchev–Trinajstić information content (AvgIpc) is 2.76. The number of sulfone groups is 1. The van der Waals surface area contributed by atoms with Crippen molar-refractivity contribution in [1.82, 2.24) is 0 Å². The molecular weight excluding hydrogens is 294 g/mol. The van der Waals surface area contributed by atoms with Crippen LogP contribution in [0.5, 0.6) is 0 Å². The zero-order valence-electron chi connectivity index (χ0n) is 11.8. The second-order valence-electron chi connectivity index (χ2n) is 5.21. The van der Waals surface area contributed by atoms with Gasteiger partial charge in [0.1, 0.15) is 0 Å². The van der Waals surface area contributed by atoms with Crippen molar-refractivity contribution in [3.8, 4) is 0 Å². The lowest BCUT2D eigenvalue weighted by Crippen LogP contribution is -2.15. The Kier molecular flexibility index (Phi) is 4.66. The van der Waals surface area contributed by atoms with Crippen molar-refractivity contribution < 1.29 is 13.3 Å². The molecule has 1 aromatic carbocycles. The molecule has 1 aliphatic rings. The lowest BCUT2D eigenvalue weighted by atomic mass is 10.1. The maximum absolute atomic E-state index is 11.4. The predicted octanol–water partition coefficient (Wildman–Crippen LogP) is 1.87. The summed E-state index contributed by atoms with van der Waals surface area (Å²) < 4.78 is 22.8. The Hall–Kier alpha value is -1.83. The number of non-ortho nitro benzene ring substituents is 1. The number of nitrogens with zero attached hydrogens (tertiary/aromatic N) is 1. The van der Waals surface area contributed by atoms with Crippen molar-refractivity contribution in [2.45, 2.75) is 13.3 Å². The Morgan fingerprint density at radius 3 is 2.48 bits per heavy atom. The monoisotopic (exact) mass is 313 g/mol. The molecule has 0 radical (unpaired) electrons. The lowest BCUT2D eigenvalue weighted by Gasteiger charge is -2.12. The molecule has 1 atom stereocenters. The van der Waals surface area contributed by atoms with Gasteiger partial charge in [-0.05, 0) is 25.3 Å². The number of nitrogens with one attached hydrogen (secondary N) is 2. The van der Waals surface area contributed by atoms with Gasteiger partial charge < -0.3 is 10.6 Å². The van der Waals surface area contributed by atoms with Crippen molar-refractivity contribution in [3.63, 3.8) is 0 Å². The maximum atomic E-state index is 11.4. The average molecular weight is 313 g/mol. The highest BCUT2D eigenvalue weighted by atomic mass is 32.2. The van der Waals surface area contributed by atoms with Gasteiger partial charge in [-0.25, -0.2) is 8.42 Å². The predicted molar refractivity (Wildman–Crippen MR) is 82.5 cm³/mol. The van der Waals surface area contributed by atoms with Crippen LogP contribution in [0.15, 0.2) is 18.2 Å². The molecule has 0 aromatic heterocycles. The summed E-state index contributed by atoms with van der Waals surface area (Å²) in [6, 6.07) is 4.74. The molecule has 1 fully saturated rings. The zero-order valence-corrected chi connectivity index (χ0v) is 12.6. The van der Waals surface area contributed by atoms with Gasteiger partial charge in [-0.1, -0.05) is 0 Å². The molecule has 2 rings (SSSR count). The molecule has 21 heavy (non-hydrogen) atoms. The van der Waals surface area contributed by atoms with Gasteiger partial charge in [-0.3, -0.25) is 10.1 Å². The first-order valence-corrected chi connectivity index (χ1v) is 8.69. The molecule has 1 aliphatic heterocycles. The Balaban J connectivity index is 2.06. The summed E-state index contributed by atoms with van der Waals surface area (Å²) in [4.78, 5) is 10.5. The van der Waals surface area contributed by atoms with Crippen molar-refractivity contribution in [2.24, 2.45) is 5.92 Å². The molecule has 1 unspecified atom stereocenters. The summed E-state index contributed by atoms with van der Waals surface area (Å²) >= 11 is 0. The quantitative estimate of drug-likeness (QED) is 0.614. The van der Waals surface area contributed by atoms with Crippen LogP contribution in [0.25, 0.3) is 0 Å². The topological polar surface area (TPSA) is 101 Å². The van der Waals surface area contributed by atoms with Crippen LogP contribution in [0.4, 0.5) is 17.1 Å². The van der Waals surface area contributed by atoms with Gasteiger partial charge in [0.05, 0.1) is 16.4 Å². The van der Waals surface area contributed by atoms with E-state index in [1.54, 1.807) is 6.07 Å². The molecule has 1 aromatic rings. The zero-order chi connectivity index (χ0) is 15.5. The summed E-state index contributed by atoms with van der Waals surface area (Å²) in [6.07, 6.45) is 0.643. The Bertz CT molecular complexity index is 630. The standard InChI is InChI=1S/C13H19N3O4S/c1-2-14-11-5-12(7-13(6-11)16(17)18)15-8-10-3-4-21(19,20)9-10/h5-7,10,14-15H,2-4,8-9H2,1H3. The molecular formula is C13H19N3O4S. The number of nitro groups is 1. The highest BCUT2D eigenvalue weighted by Gasteiger charge is 2.27. The van der Waals surface area contributed by atoms with Crippen LogP contribution in [0.2, 0.25) is 0 Å². The first-order valence-electron chi connectivity index (χ1n) is 6.87. The van der Waals surface area contributed by atoms with Gasteiger partial charge in [-0.2, -0.15) is 0 Å². The van der Waals surface area contributed by atoms with Gasteiger partial charge in [0, 0.05) is 36.6 Å². The van der Waals surface area contributed by atoms with Crippen LogP contribution in [0.3, 0.4) is 0 Å².